The van der Waals surface area contributed by atoms with Crippen molar-refractivity contribution in [3.8, 4) is 0 Å². The Hall–Kier alpha value is -2.14. The molecule has 2 amide bonds. The number of thiazole rings is 1. The summed E-state index contributed by atoms with van der Waals surface area (Å²) in [6.07, 6.45) is 2.71. The van der Waals surface area contributed by atoms with Crippen molar-refractivity contribution in [1.29, 1.82) is 0 Å². The van der Waals surface area contributed by atoms with Crippen LogP contribution in [0.4, 0.5) is 5.00 Å². The number of halogens is 1. The topological polar surface area (TPSA) is 89.8 Å². The number of carbonyl (C=O) groups excluding carboxylic acids is 3. The molecule has 34 heavy (non-hydrogen) atoms. The van der Waals surface area contributed by atoms with Crippen LogP contribution < -0.4 is 10.1 Å². The predicted molar refractivity (Wildman–Crippen MR) is 139 cm³/mol. The first-order chi connectivity index (χ1) is 16.3. The van der Waals surface area contributed by atoms with E-state index in [1.807, 2.05) is 23.7 Å². The molecule has 1 aliphatic carbocycles. The first kappa shape index (κ1) is 25.0. The summed E-state index contributed by atoms with van der Waals surface area (Å²) in [6, 6.07) is 5.53. The van der Waals surface area contributed by atoms with E-state index >= 15 is 0 Å². The maximum absolute atomic E-state index is 12.6. The zero-order valence-corrected chi connectivity index (χ0v) is 22.2. The number of fused-ring (bicyclic) bond motifs is 2. The number of methoxy groups -OCH3 is 1. The third-order valence-electron chi connectivity index (χ3n) is 5.60. The first-order valence-corrected chi connectivity index (χ1v) is 13.9. The van der Waals surface area contributed by atoms with Gasteiger partial charge in [-0.2, -0.15) is 4.99 Å². The standard InChI is InChI=1S/C23H24ClN3O4S3/c1-12-4-6-14-16(8-12)33-21(20(14)22(30)31-3)25-18(28)10-32-11-19(29)26-23-27(2)15-7-5-13(24)9-17(15)34-23/h5,7,9,12H,4,6,8,10-11H2,1-3H3,(H,25,28). The minimum absolute atomic E-state index is 0.0741. The van der Waals surface area contributed by atoms with E-state index in [4.69, 9.17) is 16.3 Å². The summed E-state index contributed by atoms with van der Waals surface area (Å²) in [7, 11) is 3.19. The summed E-state index contributed by atoms with van der Waals surface area (Å²) in [5.74, 6) is -0.315. The number of ether oxygens (including phenoxy) is 1. The molecule has 1 unspecified atom stereocenters. The second-order valence-corrected chi connectivity index (χ2v) is 11.7. The van der Waals surface area contributed by atoms with Crippen molar-refractivity contribution in [2.24, 2.45) is 18.0 Å². The van der Waals surface area contributed by atoms with Gasteiger partial charge in [-0.3, -0.25) is 9.59 Å². The molecule has 0 bridgehead atoms. The third kappa shape index (κ3) is 5.40. The molecule has 0 saturated heterocycles. The Labute approximate surface area is 214 Å². The Morgan fingerprint density at radius 3 is 2.85 bits per heavy atom. The summed E-state index contributed by atoms with van der Waals surface area (Å²) >= 11 is 10.1. The maximum Gasteiger partial charge on any atom is 0.341 e. The Morgan fingerprint density at radius 2 is 2.09 bits per heavy atom. The Balaban J connectivity index is 1.39. The van der Waals surface area contributed by atoms with Gasteiger partial charge < -0.3 is 14.6 Å². The third-order valence-corrected chi connectivity index (χ3v) is 9.02. The fraction of sp³-hybridized carbons (Fsp3) is 0.391. The second-order valence-electron chi connectivity index (χ2n) is 8.15. The fourth-order valence-electron chi connectivity index (χ4n) is 3.90. The first-order valence-electron chi connectivity index (χ1n) is 10.7. The van der Waals surface area contributed by atoms with Crippen LogP contribution in [0.25, 0.3) is 10.2 Å². The number of esters is 1. The molecule has 0 aliphatic heterocycles. The zero-order valence-electron chi connectivity index (χ0n) is 19.0. The molecule has 2 aromatic heterocycles. The van der Waals surface area contributed by atoms with Crippen LogP contribution in [0.2, 0.25) is 5.02 Å². The molecule has 1 aromatic carbocycles. The highest BCUT2D eigenvalue weighted by atomic mass is 35.5. The number of rotatable bonds is 6. The summed E-state index contributed by atoms with van der Waals surface area (Å²) in [6.45, 7) is 2.19. The monoisotopic (exact) mass is 537 g/mol. The van der Waals surface area contributed by atoms with E-state index in [1.54, 1.807) is 6.07 Å². The molecule has 1 aliphatic rings. The van der Waals surface area contributed by atoms with Gasteiger partial charge in [-0.15, -0.1) is 23.1 Å². The SMILES string of the molecule is COC(=O)c1c(NC(=O)CSCC(=O)N=c2sc3cc(Cl)ccc3n2C)sc2c1CCC(C)C2. The smallest absolute Gasteiger partial charge is 0.341 e. The number of thiophene rings is 1. The molecule has 3 aromatic rings. The highest BCUT2D eigenvalue weighted by Gasteiger charge is 2.28. The number of carbonyl (C=O) groups is 3. The molecule has 7 nitrogen and oxygen atoms in total. The van der Waals surface area contributed by atoms with Gasteiger partial charge >= 0.3 is 5.97 Å². The van der Waals surface area contributed by atoms with E-state index < -0.39 is 5.97 Å². The van der Waals surface area contributed by atoms with Gasteiger partial charge in [-0.05, 0) is 48.9 Å². The number of thioether (sulfide) groups is 1. The number of nitrogens with one attached hydrogen (secondary N) is 1. The number of aryl methyl sites for hydroxylation is 1. The second kappa shape index (κ2) is 10.6. The largest absolute Gasteiger partial charge is 0.465 e. The molecular weight excluding hydrogens is 514 g/mol. The van der Waals surface area contributed by atoms with Crippen molar-refractivity contribution in [3.63, 3.8) is 0 Å². The molecular formula is C23H24ClN3O4S3. The van der Waals surface area contributed by atoms with Crippen molar-refractivity contribution in [2.75, 3.05) is 23.9 Å². The molecule has 1 atom stereocenters. The lowest BCUT2D eigenvalue weighted by Crippen LogP contribution is -2.18. The quantitative estimate of drug-likeness (QED) is 0.462. The minimum Gasteiger partial charge on any atom is -0.465 e. The number of amides is 2. The summed E-state index contributed by atoms with van der Waals surface area (Å²) in [4.78, 5) is 43.2. The molecule has 0 radical (unpaired) electrons. The lowest BCUT2D eigenvalue weighted by atomic mass is 9.88. The highest BCUT2D eigenvalue weighted by Crippen LogP contribution is 2.40. The molecule has 0 spiro atoms. The van der Waals surface area contributed by atoms with Crippen LogP contribution in [0.15, 0.2) is 23.2 Å². The van der Waals surface area contributed by atoms with Crippen LogP contribution in [-0.2, 0) is 34.2 Å². The average Bonchev–Trinajstić information content (AvgIpc) is 3.29. The molecule has 11 heteroatoms. The van der Waals surface area contributed by atoms with E-state index in [-0.39, 0.29) is 23.3 Å². The van der Waals surface area contributed by atoms with Crippen LogP contribution >= 0.6 is 46.0 Å². The molecule has 1 N–H and O–H groups in total. The van der Waals surface area contributed by atoms with Gasteiger partial charge in [-0.1, -0.05) is 29.9 Å². The Morgan fingerprint density at radius 1 is 1.29 bits per heavy atom. The van der Waals surface area contributed by atoms with E-state index in [0.717, 1.165) is 39.9 Å². The molecule has 4 rings (SSSR count). The number of benzene rings is 1. The van der Waals surface area contributed by atoms with Crippen LogP contribution in [-0.4, -0.2) is 41.0 Å². The number of nitrogens with zero attached hydrogens (tertiary/aromatic N) is 2. The van der Waals surface area contributed by atoms with Gasteiger partial charge in [-0.25, -0.2) is 4.79 Å². The van der Waals surface area contributed by atoms with Crippen molar-refractivity contribution < 1.29 is 19.1 Å². The minimum atomic E-state index is -0.429. The van der Waals surface area contributed by atoms with Gasteiger partial charge in [0.25, 0.3) is 5.91 Å². The van der Waals surface area contributed by atoms with Crippen molar-refractivity contribution >= 4 is 79.0 Å². The van der Waals surface area contributed by atoms with Crippen LogP contribution in [0, 0.1) is 5.92 Å². The van der Waals surface area contributed by atoms with Crippen LogP contribution in [0.5, 0.6) is 0 Å². The van der Waals surface area contributed by atoms with Gasteiger partial charge in [0.15, 0.2) is 4.80 Å². The van der Waals surface area contributed by atoms with E-state index in [1.165, 1.54) is 41.5 Å². The highest BCUT2D eigenvalue weighted by molar-refractivity contribution is 8.00. The van der Waals surface area contributed by atoms with Crippen molar-refractivity contribution in [1.82, 2.24) is 4.57 Å². The fourth-order valence-corrected chi connectivity index (χ4v) is 7.23. The lowest BCUT2D eigenvalue weighted by molar-refractivity contribution is -0.115. The average molecular weight is 538 g/mol. The number of hydrogen-bond acceptors (Lipinski definition) is 7. The van der Waals surface area contributed by atoms with Crippen LogP contribution in [0.3, 0.4) is 0 Å². The van der Waals surface area contributed by atoms with Crippen LogP contribution in [0.1, 0.15) is 34.1 Å². The molecule has 0 fully saturated rings. The number of hydrogen-bond donors (Lipinski definition) is 1. The van der Waals surface area contributed by atoms with E-state index in [2.05, 4.69) is 17.2 Å². The van der Waals surface area contributed by atoms with Gasteiger partial charge in [0.05, 0.1) is 34.4 Å². The van der Waals surface area contributed by atoms with Gasteiger partial charge in [0.1, 0.15) is 5.00 Å². The zero-order chi connectivity index (χ0) is 24.4. The molecule has 180 valence electrons. The van der Waals surface area contributed by atoms with E-state index in [9.17, 15) is 14.4 Å². The summed E-state index contributed by atoms with van der Waals surface area (Å²) in [5, 5.41) is 4.02. The predicted octanol–water partition coefficient (Wildman–Crippen LogP) is 4.67. The summed E-state index contributed by atoms with van der Waals surface area (Å²) in [5.41, 5.74) is 2.41. The summed E-state index contributed by atoms with van der Waals surface area (Å²) < 4.78 is 7.76. The lowest BCUT2D eigenvalue weighted by Gasteiger charge is -2.18. The number of anilines is 1. The maximum atomic E-state index is 12.6. The number of aromatic nitrogens is 1. The Kier molecular flexibility index (Phi) is 7.81. The van der Waals surface area contributed by atoms with E-state index in [0.29, 0.717) is 26.3 Å². The Bertz CT molecular complexity index is 1340. The van der Waals surface area contributed by atoms with Gasteiger partial charge in [0.2, 0.25) is 5.91 Å². The molecule has 0 saturated carbocycles. The van der Waals surface area contributed by atoms with Crippen molar-refractivity contribution in [3.05, 3.63) is 44.0 Å². The normalized spacial score (nSPS) is 15.9. The van der Waals surface area contributed by atoms with Crippen molar-refractivity contribution in [2.45, 2.75) is 26.2 Å². The molecule has 2 heterocycles. The van der Waals surface area contributed by atoms with Gasteiger partial charge in [0, 0.05) is 16.9 Å².